The molecule has 0 radical (unpaired) electrons. The van der Waals surface area contributed by atoms with Crippen LogP contribution in [0.4, 0.5) is 0 Å². The van der Waals surface area contributed by atoms with Gasteiger partial charge in [0.2, 0.25) is 0 Å². The van der Waals surface area contributed by atoms with Crippen LogP contribution < -0.4 is 0 Å². The summed E-state index contributed by atoms with van der Waals surface area (Å²) < 4.78 is 0. The first kappa shape index (κ1) is 6.47. The van der Waals surface area contributed by atoms with Crippen molar-refractivity contribution in [3.8, 4) is 0 Å². The Balaban J connectivity index is 1.86. The largest absolute Gasteiger partial charge is 0.300 e. The monoisotopic (exact) mass is 151 g/mol. The van der Waals surface area contributed by atoms with Crippen LogP contribution in [0.25, 0.3) is 0 Å². The molecular weight excluding hydrogens is 134 g/mol. The molecule has 1 nitrogen and oxygen atoms in total. The van der Waals surface area contributed by atoms with Gasteiger partial charge in [0.25, 0.3) is 0 Å². The minimum atomic E-state index is 0.884. The summed E-state index contributed by atoms with van der Waals surface area (Å²) in [7, 11) is 0. The second-order valence-corrected chi connectivity index (χ2v) is 4.77. The summed E-state index contributed by atoms with van der Waals surface area (Å²) in [5.41, 5.74) is 0.884. The fraction of sp³-hybridized carbons (Fsp3) is 1.00. The highest BCUT2D eigenvalue weighted by Crippen LogP contribution is 2.64. The van der Waals surface area contributed by atoms with Gasteiger partial charge < -0.3 is 4.90 Å². The van der Waals surface area contributed by atoms with Crippen molar-refractivity contribution < 1.29 is 0 Å². The summed E-state index contributed by atoms with van der Waals surface area (Å²) in [6, 6.07) is 0.961. The van der Waals surface area contributed by atoms with Crippen molar-refractivity contribution in [2.75, 3.05) is 13.1 Å². The fourth-order valence-electron chi connectivity index (χ4n) is 3.42. The molecule has 1 spiro atoms. The van der Waals surface area contributed by atoms with Gasteiger partial charge in [0.1, 0.15) is 0 Å². The number of hydrogen-bond donors (Lipinski definition) is 0. The third-order valence-corrected chi connectivity index (χ3v) is 4.34. The van der Waals surface area contributed by atoms with Gasteiger partial charge in [-0.3, -0.25) is 0 Å². The molecular formula is C10H17N. The number of hydrogen-bond acceptors (Lipinski definition) is 1. The molecule has 4 rings (SSSR count). The lowest BCUT2D eigenvalue weighted by Gasteiger charge is -2.45. The van der Waals surface area contributed by atoms with Crippen LogP contribution in [-0.2, 0) is 0 Å². The van der Waals surface area contributed by atoms with Crippen LogP contribution in [-0.4, -0.2) is 24.0 Å². The summed E-state index contributed by atoms with van der Waals surface area (Å²) in [5.74, 6) is 1.12. The van der Waals surface area contributed by atoms with E-state index in [9.17, 15) is 0 Å². The predicted molar refractivity (Wildman–Crippen MR) is 45.4 cm³/mol. The van der Waals surface area contributed by atoms with E-state index in [1.54, 1.807) is 6.42 Å². The first-order chi connectivity index (χ1) is 5.34. The molecule has 0 amide bonds. The van der Waals surface area contributed by atoms with Crippen LogP contribution in [0.15, 0.2) is 0 Å². The minimum Gasteiger partial charge on any atom is -0.300 e. The average molecular weight is 151 g/mol. The number of fused-ring (bicyclic) bond motifs is 2. The van der Waals surface area contributed by atoms with Gasteiger partial charge >= 0.3 is 0 Å². The van der Waals surface area contributed by atoms with Crippen LogP contribution in [0.3, 0.4) is 0 Å². The van der Waals surface area contributed by atoms with Gasteiger partial charge in [0.15, 0.2) is 0 Å². The first-order valence-corrected chi connectivity index (χ1v) is 5.08. The molecule has 62 valence electrons. The molecule has 11 heavy (non-hydrogen) atoms. The van der Waals surface area contributed by atoms with E-state index in [2.05, 4.69) is 11.8 Å². The zero-order valence-electron chi connectivity index (χ0n) is 7.34. The summed E-state index contributed by atoms with van der Waals surface area (Å²) in [6.45, 7) is 5.20. The first-order valence-electron chi connectivity index (χ1n) is 5.08. The molecule has 4 unspecified atom stereocenters. The van der Waals surface area contributed by atoms with Crippen molar-refractivity contribution in [3.05, 3.63) is 0 Å². The molecule has 4 aliphatic rings. The molecule has 2 bridgehead atoms. The van der Waals surface area contributed by atoms with Gasteiger partial charge in [-0.1, -0.05) is 6.92 Å². The van der Waals surface area contributed by atoms with Crippen LogP contribution >= 0.6 is 0 Å². The third-order valence-electron chi connectivity index (χ3n) is 4.34. The maximum atomic E-state index is 2.74. The molecule has 3 heterocycles. The molecule has 0 aromatic heterocycles. The van der Waals surface area contributed by atoms with Gasteiger partial charge in [0, 0.05) is 12.6 Å². The second kappa shape index (κ2) is 1.82. The van der Waals surface area contributed by atoms with Crippen LogP contribution in [0, 0.1) is 11.3 Å². The zero-order valence-corrected chi connectivity index (χ0v) is 7.34. The maximum absolute atomic E-state index is 2.74. The smallest absolute Gasteiger partial charge is 0.00981 e. The summed E-state index contributed by atoms with van der Waals surface area (Å²) >= 11 is 0. The Kier molecular flexibility index (Phi) is 1.07. The van der Waals surface area contributed by atoms with Crippen molar-refractivity contribution in [2.45, 2.75) is 38.6 Å². The molecule has 0 N–H and O–H groups in total. The van der Waals surface area contributed by atoms with E-state index in [1.165, 1.54) is 32.4 Å². The van der Waals surface area contributed by atoms with Gasteiger partial charge in [-0.2, -0.15) is 0 Å². The number of rotatable bonds is 1. The number of nitrogens with zero attached hydrogens (tertiary/aromatic N) is 1. The summed E-state index contributed by atoms with van der Waals surface area (Å²) in [6.07, 6.45) is 6.01. The molecule has 3 aliphatic heterocycles. The molecule has 1 heteroatoms. The Hall–Kier alpha value is -0.0400. The van der Waals surface area contributed by atoms with Gasteiger partial charge in [0.05, 0.1) is 0 Å². The Labute approximate surface area is 68.8 Å². The zero-order chi connectivity index (χ0) is 7.47. The van der Waals surface area contributed by atoms with E-state index in [4.69, 9.17) is 0 Å². The normalized spacial score (nSPS) is 59.2. The average Bonchev–Trinajstić information content (AvgIpc) is 2.76. The lowest BCUT2D eigenvalue weighted by atomic mass is 9.81. The topological polar surface area (TPSA) is 3.24 Å². The van der Waals surface area contributed by atoms with Gasteiger partial charge in [-0.05, 0) is 43.6 Å². The SMILES string of the molecule is CCC1CC23CCN1CC2C3. The van der Waals surface area contributed by atoms with E-state index in [-0.39, 0.29) is 0 Å². The fourth-order valence-corrected chi connectivity index (χ4v) is 3.42. The molecule has 0 aromatic rings. The predicted octanol–water partition coefficient (Wildman–Crippen LogP) is 1.88. The van der Waals surface area contributed by atoms with Crippen molar-refractivity contribution in [1.29, 1.82) is 0 Å². The molecule has 1 aliphatic carbocycles. The van der Waals surface area contributed by atoms with E-state index in [0.717, 1.165) is 17.4 Å². The van der Waals surface area contributed by atoms with E-state index >= 15 is 0 Å². The Morgan fingerprint density at radius 3 is 3.00 bits per heavy atom. The Morgan fingerprint density at radius 2 is 2.36 bits per heavy atom. The lowest BCUT2D eigenvalue weighted by Crippen LogP contribution is -2.49. The van der Waals surface area contributed by atoms with E-state index < -0.39 is 0 Å². The van der Waals surface area contributed by atoms with Crippen molar-refractivity contribution >= 4 is 0 Å². The Morgan fingerprint density at radius 1 is 1.45 bits per heavy atom. The van der Waals surface area contributed by atoms with Crippen molar-refractivity contribution in [1.82, 2.24) is 4.90 Å². The second-order valence-electron chi connectivity index (χ2n) is 4.77. The highest BCUT2D eigenvalue weighted by Gasteiger charge is 2.61. The molecule has 3 saturated heterocycles. The van der Waals surface area contributed by atoms with Crippen LogP contribution in [0.1, 0.15) is 32.6 Å². The Bertz CT molecular complexity index is 189. The third kappa shape index (κ3) is 0.703. The quantitative estimate of drug-likeness (QED) is 0.553. The molecule has 1 saturated carbocycles. The van der Waals surface area contributed by atoms with Crippen LogP contribution in [0.5, 0.6) is 0 Å². The maximum Gasteiger partial charge on any atom is 0.00981 e. The van der Waals surface area contributed by atoms with E-state index in [1.807, 2.05) is 0 Å². The minimum absolute atomic E-state index is 0.884. The summed E-state index contributed by atoms with van der Waals surface area (Å²) in [4.78, 5) is 2.74. The highest BCUT2D eigenvalue weighted by atomic mass is 15.2. The lowest BCUT2D eigenvalue weighted by molar-refractivity contribution is 0.0396. The number of piperidine rings is 3. The van der Waals surface area contributed by atoms with Gasteiger partial charge in [-0.25, -0.2) is 0 Å². The standard InChI is InChI=1S/C10H17N/c1-2-9-6-10-3-4-11(9)7-8(10)5-10/h8-9H,2-7H2,1H3. The van der Waals surface area contributed by atoms with Crippen molar-refractivity contribution in [2.24, 2.45) is 11.3 Å². The summed E-state index contributed by atoms with van der Waals surface area (Å²) in [5, 5.41) is 0. The molecule has 4 fully saturated rings. The van der Waals surface area contributed by atoms with Gasteiger partial charge in [-0.15, -0.1) is 0 Å². The van der Waals surface area contributed by atoms with Crippen molar-refractivity contribution in [3.63, 3.8) is 0 Å². The molecule has 4 atom stereocenters. The molecule has 0 aromatic carbocycles. The highest BCUT2D eigenvalue weighted by molar-refractivity contribution is 5.12. The van der Waals surface area contributed by atoms with E-state index in [0.29, 0.717) is 0 Å². The van der Waals surface area contributed by atoms with Crippen LogP contribution in [0.2, 0.25) is 0 Å².